The third kappa shape index (κ3) is 4.10. The van der Waals surface area contributed by atoms with E-state index in [9.17, 15) is 4.79 Å². The number of anilines is 1. The van der Waals surface area contributed by atoms with E-state index < -0.39 is 0 Å². The van der Waals surface area contributed by atoms with Crippen LogP contribution in [0, 0.1) is 13.8 Å². The number of methoxy groups -OCH3 is 1. The minimum atomic E-state index is 0.0600. The van der Waals surface area contributed by atoms with Gasteiger partial charge in [-0.3, -0.25) is 4.79 Å². The van der Waals surface area contributed by atoms with Crippen molar-refractivity contribution in [2.45, 2.75) is 13.8 Å². The summed E-state index contributed by atoms with van der Waals surface area (Å²) in [5.41, 5.74) is 6.87. The Morgan fingerprint density at radius 3 is 2.41 bits per heavy atom. The Hall–Kier alpha value is -3.86. The van der Waals surface area contributed by atoms with Gasteiger partial charge in [-0.15, -0.1) is 0 Å². The maximum absolute atomic E-state index is 13.8. The second-order valence-corrected chi connectivity index (χ2v) is 8.84. The molecule has 2 heterocycles. The first-order chi connectivity index (χ1) is 16.5. The second-order valence-electron chi connectivity index (χ2n) is 8.84. The number of carbonyl (C=O) groups is 1. The lowest BCUT2D eigenvalue weighted by atomic mass is 9.98. The largest absolute Gasteiger partial charge is 0.495 e. The average Bonchev–Trinajstić information content (AvgIpc) is 2.89. The number of ether oxygens (including phenoxy) is 1. The number of amides is 1. The molecule has 172 valence electrons. The molecule has 0 spiro atoms. The van der Waals surface area contributed by atoms with E-state index >= 15 is 0 Å². The number of carbonyl (C=O) groups excluding carboxylic acids is 1. The highest BCUT2D eigenvalue weighted by molar-refractivity contribution is 6.07. The van der Waals surface area contributed by atoms with Crippen molar-refractivity contribution >= 4 is 22.5 Å². The van der Waals surface area contributed by atoms with E-state index in [4.69, 9.17) is 9.72 Å². The number of hydrogen-bond donors (Lipinski definition) is 0. The third-order valence-corrected chi connectivity index (χ3v) is 6.61. The Morgan fingerprint density at radius 2 is 1.62 bits per heavy atom. The van der Waals surface area contributed by atoms with Gasteiger partial charge in [-0.25, -0.2) is 4.98 Å². The topological polar surface area (TPSA) is 45.7 Å². The Balaban J connectivity index is 1.46. The first kappa shape index (κ1) is 22.0. The molecule has 1 saturated heterocycles. The molecule has 0 unspecified atom stereocenters. The van der Waals surface area contributed by atoms with Crippen LogP contribution in [0.25, 0.3) is 22.2 Å². The Bertz CT molecular complexity index is 1360. The number of nitrogens with zero attached hydrogens (tertiary/aromatic N) is 3. The monoisotopic (exact) mass is 451 g/mol. The third-order valence-electron chi connectivity index (χ3n) is 6.61. The number of aromatic nitrogens is 1. The molecule has 0 saturated carbocycles. The van der Waals surface area contributed by atoms with Crippen molar-refractivity contribution in [3.63, 3.8) is 0 Å². The van der Waals surface area contributed by atoms with E-state index in [0.717, 1.165) is 52.3 Å². The zero-order valence-corrected chi connectivity index (χ0v) is 19.9. The van der Waals surface area contributed by atoms with Crippen LogP contribution in [-0.2, 0) is 0 Å². The molecule has 0 atom stereocenters. The molecule has 0 N–H and O–H groups in total. The summed E-state index contributed by atoms with van der Waals surface area (Å²) in [5.74, 6) is 0.922. The van der Waals surface area contributed by atoms with Gasteiger partial charge in [0.15, 0.2) is 0 Å². The van der Waals surface area contributed by atoms with E-state index in [-0.39, 0.29) is 5.91 Å². The number of para-hydroxylation sites is 3. The summed E-state index contributed by atoms with van der Waals surface area (Å²) in [6, 6.07) is 24.3. The lowest BCUT2D eigenvalue weighted by molar-refractivity contribution is 0.0748. The fourth-order valence-electron chi connectivity index (χ4n) is 4.71. The molecular formula is C29H29N3O2. The minimum Gasteiger partial charge on any atom is -0.495 e. The van der Waals surface area contributed by atoms with Crippen LogP contribution in [0.4, 0.5) is 5.69 Å². The van der Waals surface area contributed by atoms with Crippen LogP contribution < -0.4 is 9.64 Å². The summed E-state index contributed by atoms with van der Waals surface area (Å²) in [5, 5.41) is 0.897. The van der Waals surface area contributed by atoms with Crippen LogP contribution in [0.15, 0.2) is 72.8 Å². The first-order valence-electron chi connectivity index (χ1n) is 11.7. The highest BCUT2D eigenvalue weighted by Gasteiger charge is 2.25. The van der Waals surface area contributed by atoms with Gasteiger partial charge in [0, 0.05) is 37.1 Å². The van der Waals surface area contributed by atoms with Crippen molar-refractivity contribution in [2.75, 3.05) is 38.2 Å². The van der Waals surface area contributed by atoms with Gasteiger partial charge in [-0.05, 0) is 49.7 Å². The van der Waals surface area contributed by atoms with Crippen molar-refractivity contribution in [2.24, 2.45) is 0 Å². The van der Waals surface area contributed by atoms with Gasteiger partial charge in [0.2, 0.25) is 0 Å². The molecule has 5 heteroatoms. The normalized spacial score (nSPS) is 13.9. The molecule has 4 aromatic rings. The lowest BCUT2D eigenvalue weighted by Gasteiger charge is -2.36. The van der Waals surface area contributed by atoms with Crippen molar-refractivity contribution in [1.29, 1.82) is 0 Å². The molecule has 0 aliphatic carbocycles. The summed E-state index contributed by atoms with van der Waals surface area (Å²) in [4.78, 5) is 22.9. The maximum atomic E-state index is 13.8. The second kappa shape index (κ2) is 9.18. The predicted octanol–water partition coefficient (Wildman–Crippen LogP) is 5.49. The minimum absolute atomic E-state index is 0.0600. The van der Waals surface area contributed by atoms with Gasteiger partial charge >= 0.3 is 0 Å². The first-order valence-corrected chi connectivity index (χ1v) is 11.7. The number of aryl methyl sites for hydroxylation is 2. The van der Waals surface area contributed by atoms with E-state index in [1.54, 1.807) is 7.11 Å². The quantitative estimate of drug-likeness (QED) is 0.412. The number of fused-ring (bicyclic) bond motifs is 1. The van der Waals surface area contributed by atoms with E-state index in [0.29, 0.717) is 18.7 Å². The molecule has 5 rings (SSSR count). The summed E-state index contributed by atoms with van der Waals surface area (Å²) in [7, 11) is 1.70. The van der Waals surface area contributed by atoms with Crippen molar-refractivity contribution < 1.29 is 9.53 Å². The standard InChI is InChI=1S/C29H29N3O2/c1-20-12-13-21(2)23(18-20)26-19-24(22-8-4-5-9-25(22)30-26)29(33)32-16-14-31(15-17-32)27-10-6-7-11-28(27)34-3/h4-13,18-19H,14-17H2,1-3H3. The molecule has 3 aromatic carbocycles. The zero-order valence-electron chi connectivity index (χ0n) is 19.9. The van der Waals surface area contributed by atoms with E-state index in [1.165, 1.54) is 5.56 Å². The highest BCUT2D eigenvalue weighted by atomic mass is 16.5. The zero-order chi connectivity index (χ0) is 23.7. The van der Waals surface area contributed by atoms with Gasteiger partial charge in [0.05, 0.1) is 29.6 Å². The van der Waals surface area contributed by atoms with Gasteiger partial charge in [-0.1, -0.05) is 48.0 Å². The average molecular weight is 452 g/mol. The smallest absolute Gasteiger partial charge is 0.254 e. The maximum Gasteiger partial charge on any atom is 0.254 e. The number of benzene rings is 3. The van der Waals surface area contributed by atoms with Crippen molar-refractivity contribution in [3.05, 3.63) is 89.5 Å². The summed E-state index contributed by atoms with van der Waals surface area (Å²) < 4.78 is 5.53. The molecule has 1 amide bonds. The number of hydrogen-bond acceptors (Lipinski definition) is 4. The molecule has 34 heavy (non-hydrogen) atoms. The summed E-state index contributed by atoms with van der Waals surface area (Å²) >= 11 is 0. The van der Waals surface area contributed by atoms with Crippen LogP contribution in [0.1, 0.15) is 21.5 Å². The summed E-state index contributed by atoms with van der Waals surface area (Å²) in [6.07, 6.45) is 0. The molecule has 1 aliphatic heterocycles. The molecule has 1 fully saturated rings. The molecule has 0 radical (unpaired) electrons. The van der Waals surface area contributed by atoms with Gasteiger partial charge < -0.3 is 14.5 Å². The SMILES string of the molecule is COc1ccccc1N1CCN(C(=O)c2cc(-c3cc(C)ccc3C)nc3ccccc23)CC1. The fourth-order valence-corrected chi connectivity index (χ4v) is 4.71. The van der Waals surface area contributed by atoms with Gasteiger partial charge in [0.25, 0.3) is 5.91 Å². The number of pyridine rings is 1. The van der Waals surface area contributed by atoms with Crippen molar-refractivity contribution in [3.8, 4) is 17.0 Å². The van der Waals surface area contributed by atoms with Crippen LogP contribution >= 0.6 is 0 Å². The molecule has 0 bridgehead atoms. The van der Waals surface area contributed by atoms with Gasteiger partial charge in [-0.2, -0.15) is 0 Å². The van der Waals surface area contributed by atoms with Crippen LogP contribution in [-0.4, -0.2) is 49.1 Å². The van der Waals surface area contributed by atoms with Crippen molar-refractivity contribution in [1.82, 2.24) is 9.88 Å². The highest BCUT2D eigenvalue weighted by Crippen LogP contribution is 2.31. The predicted molar refractivity (Wildman–Crippen MR) is 138 cm³/mol. The fraction of sp³-hybridized carbons (Fsp3) is 0.241. The molecule has 1 aromatic heterocycles. The molecule has 5 nitrogen and oxygen atoms in total. The van der Waals surface area contributed by atoms with E-state index in [2.05, 4.69) is 43.0 Å². The Kier molecular flexibility index (Phi) is 5.93. The van der Waals surface area contributed by atoms with Gasteiger partial charge in [0.1, 0.15) is 5.75 Å². The Labute approximate surface area is 200 Å². The summed E-state index contributed by atoms with van der Waals surface area (Å²) in [6.45, 7) is 7.01. The molecular weight excluding hydrogens is 422 g/mol. The van der Waals surface area contributed by atoms with Crippen LogP contribution in [0.3, 0.4) is 0 Å². The molecule has 1 aliphatic rings. The lowest BCUT2D eigenvalue weighted by Crippen LogP contribution is -2.49. The van der Waals surface area contributed by atoms with Crippen LogP contribution in [0.2, 0.25) is 0 Å². The number of piperazine rings is 1. The Morgan fingerprint density at radius 1 is 0.882 bits per heavy atom. The van der Waals surface area contributed by atoms with Crippen LogP contribution in [0.5, 0.6) is 5.75 Å². The van der Waals surface area contributed by atoms with E-state index in [1.807, 2.05) is 53.4 Å². The number of rotatable bonds is 4.